The molecule has 5 heteroatoms. The Bertz CT molecular complexity index is 323. The predicted molar refractivity (Wildman–Crippen MR) is 69.2 cm³/mol. The first-order chi connectivity index (χ1) is 8.17. The summed E-state index contributed by atoms with van der Waals surface area (Å²) in [5.41, 5.74) is -0.495. The van der Waals surface area contributed by atoms with Gasteiger partial charge in [-0.2, -0.15) is 0 Å². The number of piperidine rings is 1. The van der Waals surface area contributed by atoms with Gasteiger partial charge in [0, 0.05) is 20.0 Å². The highest BCUT2D eigenvalue weighted by Gasteiger charge is 2.28. The van der Waals surface area contributed by atoms with Gasteiger partial charge in [-0.25, -0.2) is 4.79 Å². The minimum absolute atomic E-state index is 0.0208. The third-order valence-electron chi connectivity index (χ3n) is 2.83. The normalized spacial score (nSPS) is 24.6. The fourth-order valence-electron chi connectivity index (χ4n) is 2.19. The molecule has 0 radical (unpaired) electrons. The van der Waals surface area contributed by atoms with Crippen LogP contribution in [0.1, 0.15) is 41.0 Å². The first kappa shape index (κ1) is 14.8. The number of nitrogens with one attached hydrogen (secondary N) is 1. The number of hydrogen-bond donors (Lipinski definition) is 1. The Morgan fingerprint density at radius 1 is 1.28 bits per heavy atom. The molecular formula is C13H24N2O3. The Labute approximate surface area is 109 Å². The Morgan fingerprint density at radius 2 is 1.89 bits per heavy atom. The highest BCUT2D eigenvalue weighted by Crippen LogP contribution is 2.17. The van der Waals surface area contributed by atoms with E-state index in [2.05, 4.69) is 12.2 Å². The lowest BCUT2D eigenvalue weighted by atomic mass is 9.96. The Morgan fingerprint density at radius 3 is 2.39 bits per heavy atom. The average Bonchev–Trinajstić information content (AvgIpc) is 2.12. The monoisotopic (exact) mass is 256 g/mol. The molecule has 1 aliphatic rings. The maximum atomic E-state index is 11.7. The highest BCUT2D eigenvalue weighted by atomic mass is 16.6. The van der Waals surface area contributed by atoms with E-state index in [1.54, 1.807) is 11.8 Å². The lowest BCUT2D eigenvalue weighted by Gasteiger charge is -2.36. The first-order valence-electron chi connectivity index (χ1n) is 6.42. The molecular weight excluding hydrogens is 232 g/mol. The standard InChI is InChI=1S/C13H24N2O3/c1-9-6-11(8-15(7-9)10(2)16)14-12(17)18-13(3,4)5/h9,11H,6-8H2,1-5H3,(H,14,17)/t9-,11-/m0/s1. The molecule has 2 atom stereocenters. The summed E-state index contributed by atoms with van der Waals surface area (Å²) in [7, 11) is 0. The second-order valence-corrected chi connectivity index (χ2v) is 6.11. The van der Waals surface area contributed by atoms with Gasteiger partial charge < -0.3 is 15.0 Å². The van der Waals surface area contributed by atoms with Gasteiger partial charge in [0.1, 0.15) is 5.60 Å². The van der Waals surface area contributed by atoms with Crippen LogP contribution < -0.4 is 5.32 Å². The zero-order valence-corrected chi connectivity index (χ0v) is 11.9. The lowest BCUT2D eigenvalue weighted by molar-refractivity contribution is -0.131. The minimum atomic E-state index is -0.495. The fourth-order valence-corrected chi connectivity index (χ4v) is 2.19. The number of ether oxygens (including phenoxy) is 1. The molecule has 0 aromatic heterocycles. The SMILES string of the molecule is CC(=O)N1C[C@@H](C)C[C@H](NC(=O)OC(C)(C)C)C1. The number of rotatable bonds is 1. The van der Waals surface area contributed by atoms with Crippen molar-refractivity contribution in [1.29, 1.82) is 0 Å². The fraction of sp³-hybridized carbons (Fsp3) is 0.846. The van der Waals surface area contributed by atoms with Crippen molar-refractivity contribution in [2.45, 2.75) is 52.7 Å². The van der Waals surface area contributed by atoms with Gasteiger partial charge in [-0.05, 0) is 33.1 Å². The largest absolute Gasteiger partial charge is 0.444 e. The zero-order valence-electron chi connectivity index (χ0n) is 11.9. The molecule has 18 heavy (non-hydrogen) atoms. The summed E-state index contributed by atoms with van der Waals surface area (Å²) in [6.07, 6.45) is 0.466. The van der Waals surface area contributed by atoms with Gasteiger partial charge in [0.25, 0.3) is 0 Å². The van der Waals surface area contributed by atoms with Crippen LogP contribution >= 0.6 is 0 Å². The molecule has 0 spiro atoms. The van der Waals surface area contributed by atoms with Gasteiger partial charge in [0.05, 0.1) is 6.04 Å². The lowest BCUT2D eigenvalue weighted by Crippen LogP contribution is -2.52. The summed E-state index contributed by atoms with van der Waals surface area (Å²) >= 11 is 0. The number of hydrogen-bond acceptors (Lipinski definition) is 3. The van der Waals surface area contributed by atoms with E-state index in [0.717, 1.165) is 13.0 Å². The average molecular weight is 256 g/mol. The molecule has 0 saturated carbocycles. The van der Waals surface area contributed by atoms with E-state index in [-0.39, 0.29) is 11.9 Å². The summed E-state index contributed by atoms with van der Waals surface area (Å²) in [6.45, 7) is 10.5. The van der Waals surface area contributed by atoms with Crippen LogP contribution in [0.3, 0.4) is 0 Å². The van der Waals surface area contributed by atoms with Crippen molar-refractivity contribution < 1.29 is 14.3 Å². The first-order valence-corrected chi connectivity index (χ1v) is 6.42. The van der Waals surface area contributed by atoms with Crippen LogP contribution in [0, 0.1) is 5.92 Å². The molecule has 2 amide bonds. The molecule has 0 bridgehead atoms. The maximum absolute atomic E-state index is 11.7. The number of carbonyl (C=O) groups excluding carboxylic acids is 2. The maximum Gasteiger partial charge on any atom is 0.407 e. The Kier molecular flexibility index (Phi) is 4.59. The van der Waals surface area contributed by atoms with Crippen molar-refractivity contribution in [3.05, 3.63) is 0 Å². The summed E-state index contributed by atoms with van der Waals surface area (Å²) in [5.74, 6) is 0.445. The number of carbonyl (C=O) groups is 2. The molecule has 104 valence electrons. The third-order valence-corrected chi connectivity index (χ3v) is 2.83. The van der Waals surface area contributed by atoms with Gasteiger partial charge in [0.15, 0.2) is 0 Å². The number of likely N-dealkylation sites (tertiary alicyclic amines) is 1. The molecule has 0 unspecified atom stereocenters. The molecule has 0 aromatic rings. The number of alkyl carbamates (subject to hydrolysis) is 1. The quantitative estimate of drug-likeness (QED) is 0.778. The van der Waals surface area contributed by atoms with Gasteiger partial charge in [-0.3, -0.25) is 4.79 Å². The number of nitrogens with zero attached hydrogens (tertiary/aromatic N) is 1. The van der Waals surface area contributed by atoms with E-state index in [1.165, 1.54) is 0 Å². The summed E-state index contributed by atoms with van der Waals surface area (Å²) in [6, 6.07) is -0.0208. The Balaban J connectivity index is 2.51. The van der Waals surface area contributed by atoms with Crippen LogP contribution in [0.15, 0.2) is 0 Å². The molecule has 1 aliphatic heterocycles. The highest BCUT2D eigenvalue weighted by molar-refractivity contribution is 5.73. The Hall–Kier alpha value is -1.26. The van der Waals surface area contributed by atoms with Crippen LogP contribution in [0.25, 0.3) is 0 Å². The van der Waals surface area contributed by atoms with Crippen molar-refractivity contribution in [3.8, 4) is 0 Å². The van der Waals surface area contributed by atoms with Crippen LogP contribution in [0.5, 0.6) is 0 Å². The van der Waals surface area contributed by atoms with Gasteiger partial charge >= 0.3 is 6.09 Å². The van der Waals surface area contributed by atoms with Gasteiger partial charge in [-0.15, -0.1) is 0 Å². The van der Waals surface area contributed by atoms with Gasteiger partial charge in [-0.1, -0.05) is 6.92 Å². The van der Waals surface area contributed by atoms with E-state index in [4.69, 9.17) is 4.74 Å². The van der Waals surface area contributed by atoms with Crippen molar-refractivity contribution in [2.24, 2.45) is 5.92 Å². The van der Waals surface area contributed by atoms with E-state index in [9.17, 15) is 9.59 Å². The van der Waals surface area contributed by atoms with Crippen LogP contribution in [0.2, 0.25) is 0 Å². The summed E-state index contributed by atoms with van der Waals surface area (Å²) in [4.78, 5) is 24.8. The van der Waals surface area contributed by atoms with Crippen molar-refractivity contribution in [2.75, 3.05) is 13.1 Å². The van der Waals surface area contributed by atoms with E-state index >= 15 is 0 Å². The van der Waals surface area contributed by atoms with Crippen molar-refractivity contribution >= 4 is 12.0 Å². The minimum Gasteiger partial charge on any atom is -0.444 e. The van der Waals surface area contributed by atoms with E-state index in [0.29, 0.717) is 12.5 Å². The van der Waals surface area contributed by atoms with E-state index < -0.39 is 11.7 Å². The molecule has 1 rings (SSSR count). The van der Waals surface area contributed by atoms with Crippen LogP contribution in [0.4, 0.5) is 4.79 Å². The predicted octanol–water partition coefficient (Wildman–Crippen LogP) is 1.77. The van der Waals surface area contributed by atoms with E-state index in [1.807, 2.05) is 20.8 Å². The molecule has 1 saturated heterocycles. The molecule has 0 aliphatic carbocycles. The van der Waals surface area contributed by atoms with Crippen molar-refractivity contribution in [3.63, 3.8) is 0 Å². The van der Waals surface area contributed by atoms with Crippen LogP contribution in [-0.2, 0) is 9.53 Å². The second-order valence-electron chi connectivity index (χ2n) is 6.11. The third kappa shape index (κ3) is 4.94. The van der Waals surface area contributed by atoms with Crippen LogP contribution in [-0.4, -0.2) is 41.6 Å². The zero-order chi connectivity index (χ0) is 13.9. The number of amides is 2. The summed E-state index contributed by atoms with van der Waals surface area (Å²) in [5, 5.41) is 2.84. The molecule has 0 aromatic carbocycles. The second kappa shape index (κ2) is 5.59. The smallest absolute Gasteiger partial charge is 0.407 e. The molecule has 1 fully saturated rings. The molecule has 1 heterocycles. The van der Waals surface area contributed by atoms with Crippen molar-refractivity contribution in [1.82, 2.24) is 10.2 Å². The molecule has 1 N–H and O–H groups in total. The van der Waals surface area contributed by atoms with Gasteiger partial charge in [0.2, 0.25) is 5.91 Å². The topological polar surface area (TPSA) is 58.6 Å². The summed E-state index contributed by atoms with van der Waals surface area (Å²) < 4.78 is 5.22. The molecule has 5 nitrogen and oxygen atoms in total.